The van der Waals surface area contributed by atoms with Crippen molar-refractivity contribution in [2.45, 2.75) is 24.8 Å². The van der Waals surface area contributed by atoms with Crippen LogP contribution in [0, 0.1) is 17.7 Å². The molecule has 3 aromatic rings. The average molecular weight is 397 g/mol. The van der Waals surface area contributed by atoms with Crippen molar-refractivity contribution in [1.29, 1.82) is 0 Å². The van der Waals surface area contributed by atoms with E-state index in [9.17, 15) is 14.0 Å². The zero-order valence-corrected chi connectivity index (χ0v) is 16.5. The smallest absolute Gasteiger partial charge is 0.234 e. The highest BCUT2D eigenvalue weighted by Crippen LogP contribution is 2.63. The fourth-order valence-corrected chi connectivity index (χ4v) is 6.14. The van der Waals surface area contributed by atoms with Gasteiger partial charge in [-0.3, -0.25) is 14.5 Å². The largest absolute Gasteiger partial charge is 0.278 e. The first-order chi connectivity index (χ1) is 14.5. The van der Waals surface area contributed by atoms with Gasteiger partial charge in [0, 0.05) is 11.3 Å². The van der Waals surface area contributed by atoms with Gasteiger partial charge in [0.2, 0.25) is 11.8 Å². The molecule has 2 amide bonds. The van der Waals surface area contributed by atoms with Crippen molar-refractivity contribution in [1.82, 2.24) is 4.90 Å². The molecule has 0 radical (unpaired) electrons. The summed E-state index contributed by atoms with van der Waals surface area (Å²) in [5.74, 6) is -1.49. The van der Waals surface area contributed by atoms with E-state index in [1.807, 2.05) is 24.3 Å². The Labute approximate surface area is 174 Å². The molecule has 1 saturated heterocycles. The first-order valence-corrected chi connectivity index (χ1v) is 10.3. The van der Waals surface area contributed by atoms with Crippen LogP contribution in [0.15, 0.2) is 72.8 Å². The van der Waals surface area contributed by atoms with Gasteiger partial charge in [0.15, 0.2) is 0 Å². The van der Waals surface area contributed by atoms with E-state index in [-0.39, 0.29) is 30.1 Å². The fourth-order valence-electron chi connectivity index (χ4n) is 6.14. The molecule has 3 nitrogen and oxygen atoms in total. The van der Waals surface area contributed by atoms with Gasteiger partial charge < -0.3 is 0 Å². The normalized spacial score (nSPS) is 28.3. The lowest BCUT2D eigenvalue weighted by Crippen LogP contribution is -2.51. The third-order valence-corrected chi connectivity index (χ3v) is 7.39. The Morgan fingerprint density at radius 2 is 1.40 bits per heavy atom. The van der Waals surface area contributed by atoms with Gasteiger partial charge in [-0.25, -0.2) is 4.39 Å². The summed E-state index contributed by atoms with van der Waals surface area (Å²) in [6, 6.07) is 22.5. The maximum Gasteiger partial charge on any atom is 0.234 e. The summed E-state index contributed by atoms with van der Waals surface area (Å²) in [6.07, 6.45) is 0. The van der Waals surface area contributed by atoms with E-state index in [0.29, 0.717) is 0 Å². The van der Waals surface area contributed by atoms with Crippen LogP contribution in [0.5, 0.6) is 0 Å². The van der Waals surface area contributed by atoms with Gasteiger partial charge >= 0.3 is 0 Å². The van der Waals surface area contributed by atoms with Gasteiger partial charge in [-0.1, -0.05) is 67.6 Å². The molecule has 0 spiro atoms. The van der Waals surface area contributed by atoms with Crippen LogP contribution in [0.2, 0.25) is 0 Å². The Kier molecular flexibility index (Phi) is 3.45. The second-order valence-electron chi connectivity index (χ2n) is 8.75. The monoisotopic (exact) mass is 397 g/mol. The van der Waals surface area contributed by atoms with E-state index in [2.05, 4.69) is 31.2 Å². The number of hydrogen-bond donors (Lipinski definition) is 0. The van der Waals surface area contributed by atoms with Gasteiger partial charge in [0.05, 0.1) is 18.4 Å². The fraction of sp³-hybridized carbons (Fsp3) is 0.231. The van der Waals surface area contributed by atoms with Gasteiger partial charge in [-0.15, -0.1) is 0 Å². The number of benzene rings is 3. The minimum atomic E-state index is -0.545. The molecule has 148 valence electrons. The van der Waals surface area contributed by atoms with E-state index in [4.69, 9.17) is 0 Å². The lowest BCUT2D eigenvalue weighted by atomic mass is 9.48. The lowest BCUT2D eigenvalue weighted by Gasteiger charge is -2.52. The Balaban J connectivity index is 1.52. The SMILES string of the molecule is CC12c3ccccc3C(c3ccccc31)C1C(=O)N(Cc3ccc(F)cc3)C(=O)C12. The molecule has 3 aromatic carbocycles. The minimum Gasteiger partial charge on any atom is -0.278 e. The second kappa shape index (κ2) is 5.88. The van der Waals surface area contributed by atoms with Crippen molar-refractivity contribution in [3.8, 4) is 0 Å². The van der Waals surface area contributed by atoms with Crippen LogP contribution in [0.25, 0.3) is 0 Å². The molecule has 7 rings (SSSR count). The number of carbonyl (C=O) groups excluding carboxylic acids is 2. The van der Waals surface area contributed by atoms with Crippen LogP contribution < -0.4 is 0 Å². The highest BCUT2D eigenvalue weighted by atomic mass is 19.1. The summed E-state index contributed by atoms with van der Waals surface area (Å²) in [4.78, 5) is 28.7. The van der Waals surface area contributed by atoms with Gasteiger partial charge in [-0.2, -0.15) is 0 Å². The molecule has 3 aliphatic carbocycles. The molecule has 4 aliphatic rings. The van der Waals surface area contributed by atoms with Crippen LogP contribution in [0.4, 0.5) is 4.39 Å². The summed E-state index contributed by atoms with van der Waals surface area (Å²) in [5.41, 5.74) is 4.83. The lowest BCUT2D eigenvalue weighted by molar-refractivity contribution is -0.140. The van der Waals surface area contributed by atoms with Crippen molar-refractivity contribution in [2.24, 2.45) is 11.8 Å². The number of carbonyl (C=O) groups is 2. The van der Waals surface area contributed by atoms with E-state index < -0.39 is 17.3 Å². The van der Waals surface area contributed by atoms with Crippen molar-refractivity contribution >= 4 is 11.8 Å². The summed E-state index contributed by atoms with van der Waals surface area (Å²) >= 11 is 0. The summed E-state index contributed by atoms with van der Waals surface area (Å²) in [5, 5.41) is 0. The number of nitrogens with zero attached hydrogens (tertiary/aromatic N) is 1. The third-order valence-electron chi connectivity index (χ3n) is 7.39. The molecular formula is C26H20FNO2. The molecule has 2 bridgehead atoms. The zero-order chi connectivity index (χ0) is 20.6. The Hall–Kier alpha value is -3.27. The van der Waals surface area contributed by atoms with Crippen LogP contribution >= 0.6 is 0 Å². The number of hydrogen-bond acceptors (Lipinski definition) is 2. The van der Waals surface area contributed by atoms with Crippen LogP contribution in [0.1, 0.15) is 40.7 Å². The molecule has 0 saturated carbocycles. The van der Waals surface area contributed by atoms with Crippen LogP contribution in [-0.4, -0.2) is 16.7 Å². The molecule has 30 heavy (non-hydrogen) atoms. The Morgan fingerprint density at radius 3 is 2.00 bits per heavy atom. The van der Waals surface area contributed by atoms with Crippen molar-refractivity contribution < 1.29 is 14.0 Å². The van der Waals surface area contributed by atoms with Crippen molar-refractivity contribution in [2.75, 3.05) is 0 Å². The standard InChI is InChI=1S/C26H20FNO2/c1-26-19-8-4-2-6-17(19)21(18-7-3-5-9-20(18)26)22-23(26)25(30)28(24(22)29)14-15-10-12-16(27)13-11-15/h2-13,21-23H,14H2,1H3. The minimum absolute atomic E-state index is 0.112. The molecular weight excluding hydrogens is 377 g/mol. The van der Waals surface area contributed by atoms with E-state index in [0.717, 1.165) is 27.8 Å². The van der Waals surface area contributed by atoms with Crippen LogP contribution in [-0.2, 0) is 21.5 Å². The molecule has 0 N–H and O–H groups in total. The number of likely N-dealkylation sites (tertiary alicyclic amines) is 1. The van der Waals surface area contributed by atoms with Gasteiger partial charge in [-0.05, 0) is 39.9 Å². The highest BCUT2D eigenvalue weighted by molar-refractivity contribution is 6.08. The molecule has 4 heteroatoms. The van der Waals surface area contributed by atoms with E-state index in [1.54, 1.807) is 12.1 Å². The summed E-state index contributed by atoms with van der Waals surface area (Å²) in [6.45, 7) is 2.30. The number of imide groups is 1. The predicted octanol–water partition coefficient (Wildman–Crippen LogP) is 4.39. The third kappa shape index (κ3) is 2.03. The molecule has 1 heterocycles. The quantitative estimate of drug-likeness (QED) is 0.602. The van der Waals surface area contributed by atoms with Gasteiger partial charge in [0.25, 0.3) is 0 Å². The maximum absolute atomic E-state index is 13.7. The zero-order valence-electron chi connectivity index (χ0n) is 16.5. The second-order valence-corrected chi connectivity index (χ2v) is 8.75. The van der Waals surface area contributed by atoms with E-state index >= 15 is 0 Å². The molecule has 0 aromatic heterocycles. The van der Waals surface area contributed by atoms with Gasteiger partial charge in [0.1, 0.15) is 5.82 Å². The van der Waals surface area contributed by atoms with E-state index in [1.165, 1.54) is 17.0 Å². The summed E-state index contributed by atoms with van der Waals surface area (Å²) < 4.78 is 13.3. The number of amides is 2. The first kappa shape index (κ1) is 17.6. The molecule has 1 fully saturated rings. The maximum atomic E-state index is 13.7. The molecule has 2 unspecified atom stereocenters. The van der Waals surface area contributed by atoms with Crippen LogP contribution in [0.3, 0.4) is 0 Å². The Bertz CT molecular complexity index is 1170. The van der Waals surface area contributed by atoms with Crippen molar-refractivity contribution in [3.63, 3.8) is 0 Å². The average Bonchev–Trinajstić information content (AvgIpc) is 3.02. The highest BCUT2D eigenvalue weighted by Gasteiger charge is 2.66. The Morgan fingerprint density at radius 1 is 0.833 bits per heavy atom. The predicted molar refractivity (Wildman–Crippen MR) is 110 cm³/mol. The first-order valence-electron chi connectivity index (χ1n) is 10.3. The number of rotatable bonds is 2. The van der Waals surface area contributed by atoms with Crippen molar-refractivity contribution in [3.05, 3.63) is 106 Å². The topological polar surface area (TPSA) is 37.4 Å². The molecule has 2 atom stereocenters. The number of halogens is 1. The molecule has 1 aliphatic heterocycles. The summed E-state index contributed by atoms with van der Waals surface area (Å²) in [7, 11) is 0.